The van der Waals surface area contributed by atoms with Crippen LogP contribution < -0.4 is 0 Å². The maximum Gasteiger partial charge on any atom is 0.283 e. The zero-order valence-corrected chi connectivity index (χ0v) is 15.9. The minimum atomic E-state index is -0.454. The number of carbonyl (C=O) groups excluding carboxylic acids is 1. The van der Waals surface area contributed by atoms with Crippen molar-refractivity contribution in [1.29, 1.82) is 0 Å². The number of nitro groups is 1. The Morgan fingerprint density at radius 2 is 2.04 bits per heavy atom. The van der Waals surface area contributed by atoms with E-state index in [0.717, 1.165) is 11.3 Å². The summed E-state index contributed by atoms with van der Waals surface area (Å²) in [6.45, 7) is 2.74. The smallest absolute Gasteiger partial charge is 0.283 e. The van der Waals surface area contributed by atoms with Crippen molar-refractivity contribution in [3.63, 3.8) is 0 Å². The Labute approximate surface area is 164 Å². The van der Waals surface area contributed by atoms with Gasteiger partial charge in [0.1, 0.15) is 0 Å². The van der Waals surface area contributed by atoms with Gasteiger partial charge in [0.25, 0.3) is 11.6 Å². The van der Waals surface area contributed by atoms with Crippen molar-refractivity contribution in [1.82, 2.24) is 15.1 Å². The van der Waals surface area contributed by atoms with Crippen LogP contribution in [0.2, 0.25) is 0 Å². The molecule has 3 aromatic rings. The number of amides is 1. The van der Waals surface area contributed by atoms with Gasteiger partial charge in [0.2, 0.25) is 11.8 Å². The van der Waals surface area contributed by atoms with Crippen LogP contribution in [0, 0.1) is 10.1 Å². The van der Waals surface area contributed by atoms with Gasteiger partial charge in [0.05, 0.1) is 23.5 Å². The van der Waals surface area contributed by atoms with Gasteiger partial charge in [-0.05, 0) is 30.7 Å². The number of nitrogens with zero attached hydrogens (tertiary/aromatic N) is 4. The second kappa shape index (κ2) is 9.18. The third-order valence-corrected chi connectivity index (χ3v) is 4.78. The normalized spacial score (nSPS) is 10.8. The van der Waals surface area contributed by atoms with E-state index in [4.69, 9.17) is 8.83 Å². The summed E-state index contributed by atoms with van der Waals surface area (Å²) in [5.41, 5.74) is 0.0204. The first kappa shape index (κ1) is 19.6. The summed E-state index contributed by atoms with van der Waals surface area (Å²) in [6, 6.07) is 9.55. The van der Waals surface area contributed by atoms with Crippen molar-refractivity contribution in [2.75, 3.05) is 12.3 Å². The summed E-state index contributed by atoms with van der Waals surface area (Å²) >= 11 is 1.32. The molecule has 9 nitrogen and oxygen atoms in total. The summed E-state index contributed by atoms with van der Waals surface area (Å²) in [5.74, 6) is 1.19. The summed E-state index contributed by atoms with van der Waals surface area (Å²) < 4.78 is 10.8. The molecule has 1 amide bonds. The van der Waals surface area contributed by atoms with Crippen LogP contribution in [0.15, 0.2) is 56.4 Å². The van der Waals surface area contributed by atoms with Crippen molar-refractivity contribution in [2.24, 2.45) is 0 Å². The fourth-order valence-corrected chi connectivity index (χ4v) is 3.24. The van der Waals surface area contributed by atoms with Gasteiger partial charge in [0.15, 0.2) is 5.76 Å². The average molecular weight is 402 g/mol. The molecule has 0 atom stereocenters. The number of furan rings is 1. The van der Waals surface area contributed by atoms with E-state index in [0.29, 0.717) is 18.2 Å². The fourth-order valence-electron chi connectivity index (χ4n) is 2.44. The molecule has 0 spiro atoms. The van der Waals surface area contributed by atoms with E-state index in [9.17, 15) is 14.9 Å². The average Bonchev–Trinajstić information content (AvgIpc) is 3.37. The van der Waals surface area contributed by atoms with E-state index >= 15 is 0 Å². The second-order valence-corrected chi connectivity index (χ2v) is 6.88. The van der Waals surface area contributed by atoms with Crippen molar-refractivity contribution in [3.8, 4) is 11.7 Å². The van der Waals surface area contributed by atoms with Gasteiger partial charge in [-0.3, -0.25) is 14.9 Å². The molecule has 0 fully saturated rings. The lowest BCUT2D eigenvalue weighted by Gasteiger charge is -2.20. The van der Waals surface area contributed by atoms with Crippen molar-refractivity contribution in [2.45, 2.75) is 24.8 Å². The first-order valence-corrected chi connectivity index (χ1v) is 9.56. The molecule has 1 aromatic carbocycles. The highest BCUT2D eigenvalue weighted by atomic mass is 32.2. The molecule has 28 heavy (non-hydrogen) atoms. The molecule has 0 aliphatic carbocycles. The van der Waals surface area contributed by atoms with Crippen molar-refractivity contribution in [3.05, 3.63) is 58.7 Å². The van der Waals surface area contributed by atoms with Gasteiger partial charge in [-0.15, -0.1) is 22.0 Å². The standard InChI is InChI=1S/C18H18N4O5S/c1-2-9-21(11-16-19-20-18(27-16)15-4-3-10-26-15)17(23)12-28-14-7-5-13(6-8-14)22(24)25/h3-8,10H,2,9,11-12H2,1H3. The predicted molar refractivity (Wildman–Crippen MR) is 102 cm³/mol. The second-order valence-electron chi connectivity index (χ2n) is 5.83. The van der Waals surface area contributed by atoms with Crippen molar-refractivity contribution >= 4 is 23.4 Å². The maximum absolute atomic E-state index is 12.6. The molecule has 10 heteroatoms. The third-order valence-electron chi connectivity index (χ3n) is 3.78. The lowest BCUT2D eigenvalue weighted by atomic mass is 10.3. The molecule has 0 aliphatic rings. The van der Waals surface area contributed by atoms with E-state index in [1.165, 1.54) is 30.2 Å². The van der Waals surface area contributed by atoms with Gasteiger partial charge in [-0.2, -0.15) is 0 Å². The summed E-state index contributed by atoms with van der Waals surface area (Å²) in [6.07, 6.45) is 2.30. The molecular formula is C18H18N4O5S. The first-order valence-electron chi connectivity index (χ1n) is 8.58. The van der Waals surface area contributed by atoms with Gasteiger partial charge in [-0.1, -0.05) is 6.92 Å². The molecule has 0 N–H and O–H groups in total. The largest absolute Gasteiger partial charge is 0.459 e. The maximum atomic E-state index is 12.6. The number of aromatic nitrogens is 2. The zero-order valence-electron chi connectivity index (χ0n) is 15.1. The van der Waals surface area contributed by atoms with E-state index < -0.39 is 4.92 Å². The van der Waals surface area contributed by atoms with Crippen LogP contribution in [0.1, 0.15) is 19.2 Å². The molecular weight excluding hydrogens is 384 g/mol. The molecule has 146 valence electrons. The summed E-state index contributed by atoms with van der Waals surface area (Å²) in [7, 11) is 0. The molecule has 0 bridgehead atoms. The van der Waals surface area contributed by atoms with Crippen LogP contribution in [-0.4, -0.2) is 38.2 Å². The van der Waals surface area contributed by atoms with Gasteiger partial charge < -0.3 is 13.7 Å². The first-order chi connectivity index (χ1) is 13.6. The Hall–Kier alpha value is -3.14. The van der Waals surface area contributed by atoms with E-state index in [-0.39, 0.29) is 29.8 Å². The Morgan fingerprint density at radius 3 is 2.68 bits per heavy atom. The number of hydrogen-bond donors (Lipinski definition) is 0. The monoisotopic (exact) mass is 402 g/mol. The number of non-ortho nitro benzene ring substituents is 1. The van der Waals surface area contributed by atoms with Crippen LogP contribution in [0.25, 0.3) is 11.7 Å². The Bertz CT molecular complexity index is 924. The minimum Gasteiger partial charge on any atom is -0.459 e. The van der Waals surface area contributed by atoms with Crippen LogP contribution in [0.4, 0.5) is 5.69 Å². The number of rotatable bonds is 9. The van der Waals surface area contributed by atoms with Gasteiger partial charge in [0, 0.05) is 23.6 Å². The van der Waals surface area contributed by atoms with Crippen LogP contribution in [-0.2, 0) is 11.3 Å². The number of thioether (sulfide) groups is 1. The molecule has 3 rings (SSSR count). The van der Waals surface area contributed by atoms with E-state index in [1.807, 2.05) is 6.92 Å². The zero-order chi connectivity index (χ0) is 19.9. The summed E-state index contributed by atoms with van der Waals surface area (Å²) in [5, 5.41) is 18.6. The molecule has 0 saturated carbocycles. The SMILES string of the molecule is CCCN(Cc1nnc(-c2ccco2)o1)C(=O)CSc1ccc([N+](=O)[O-])cc1. The topological polar surface area (TPSA) is 116 Å². The van der Waals surface area contributed by atoms with E-state index in [1.54, 1.807) is 29.2 Å². The number of carbonyl (C=O) groups is 1. The molecule has 2 heterocycles. The predicted octanol–water partition coefficient (Wildman–Crippen LogP) is 3.77. The number of nitro benzene ring substituents is 1. The van der Waals surface area contributed by atoms with Crippen LogP contribution in [0.5, 0.6) is 0 Å². The van der Waals surface area contributed by atoms with Crippen LogP contribution >= 0.6 is 11.8 Å². The number of hydrogen-bond acceptors (Lipinski definition) is 8. The lowest BCUT2D eigenvalue weighted by molar-refractivity contribution is -0.384. The fraction of sp³-hybridized carbons (Fsp3) is 0.278. The Balaban J connectivity index is 1.59. The minimum absolute atomic E-state index is 0.0204. The lowest BCUT2D eigenvalue weighted by Crippen LogP contribution is -2.32. The summed E-state index contributed by atoms with van der Waals surface area (Å²) in [4.78, 5) is 25.3. The molecule has 2 aromatic heterocycles. The molecule has 0 radical (unpaired) electrons. The van der Waals surface area contributed by atoms with Crippen molar-refractivity contribution < 1.29 is 18.6 Å². The molecule has 0 unspecified atom stereocenters. The third kappa shape index (κ3) is 4.97. The Morgan fingerprint density at radius 1 is 1.25 bits per heavy atom. The Kier molecular flexibility index (Phi) is 6.43. The van der Waals surface area contributed by atoms with Crippen LogP contribution in [0.3, 0.4) is 0 Å². The highest BCUT2D eigenvalue weighted by Gasteiger charge is 2.18. The quantitative estimate of drug-likeness (QED) is 0.302. The highest BCUT2D eigenvalue weighted by molar-refractivity contribution is 8.00. The number of benzene rings is 1. The molecule has 0 saturated heterocycles. The van der Waals surface area contributed by atoms with E-state index in [2.05, 4.69) is 10.2 Å². The molecule has 0 aliphatic heterocycles. The highest BCUT2D eigenvalue weighted by Crippen LogP contribution is 2.22. The van der Waals surface area contributed by atoms with Gasteiger partial charge in [-0.25, -0.2) is 0 Å². The van der Waals surface area contributed by atoms with Gasteiger partial charge >= 0.3 is 0 Å².